The number of halogens is 3. The minimum atomic E-state index is -0.880. The lowest BCUT2D eigenvalue weighted by Gasteiger charge is -2.51. The summed E-state index contributed by atoms with van der Waals surface area (Å²) in [5.74, 6) is -1.80. The highest BCUT2D eigenvalue weighted by Crippen LogP contribution is 2.43. The SMILES string of the molecule is O=C(COc1ccc(Cl)c(F)c1)NC1CC(O)C2(NC(=O)c3ccc(F)cn3)CCCC1C2. The summed E-state index contributed by atoms with van der Waals surface area (Å²) in [5, 5.41) is 16.7. The quantitative estimate of drug-likeness (QED) is 0.591. The number of hydrogen-bond donors (Lipinski definition) is 3. The zero-order valence-electron chi connectivity index (χ0n) is 17.7. The van der Waals surface area contributed by atoms with Crippen molar-refractivity contribution in [2.75, 3.05) is 6.61 Å². The minimum Gasteiger partial charge on any atom is -0.484 e. The summed E-state index contributed by atoms with van der Waals surface area (Å²) in [7, 11) is 0. The van der Waals surface area contributed by atoms with Crippen LogP contribution in [-0.4, -0.2) is 46.2 Å². The first-order valence-electron chi connectivity index (χ1n) is 10.7. The van der Waals surface area contributed by atoms with Gasteiger partial charge in [-0.15, -0.1) is 0 Å². The molecule has 0 spiro atoms. The molecule has 4 atom stereocenters. The molecule has 0 saturated heterocycles. The number of nitrogens with one attached hydrogen (secondary N) is 2. The monoisotopic (exact) mass is 479 g/mol. The zero-order chi connectivity index (χ0) is 23.6. The number of pyridine rings is 1. The highest BCUT2D eigenvalue weighted by molar-refractivity contribution is 6.30. The maximum Gasteiger partial charge on any atom is 0.270 e. The molecular weight excluding hydrogens is 456 g/mol. The van der Waals surface area contributed by atoms with Gasteiger partial charge in [0.1, 0.15) is 23.1 Å². The lowest BCUT2D eigenvalue weighted by atomic mass is 9.63. The average Bonchev–Trinajstić information content (AvgIpc) is 2.79. The van der Waals surface area contributed by atoms with E-state index in [1.807, 2.05) is 0 Å². The second-order valence-electron chi connectivity index (χ2n) is 8.62. The van der Waals surface area contributed by atoms with Crippen molar-refractivity contribution >= 4 is 23.4 Å². The third-order valence-corrected chi connectivity index (χ3v) is 6.74. The van der Waals surface area contributed by atoms with Crippen LogP contribution >= 0.6 is 11.6 Å². The van der Waals surface area contributed by atoms with Gasteiger partial charge in [-0.3, -0.25) is 9.59 Å². The maximum atomic E-state index is 13.5. The summed E-state index contributed by atoms with van der Waals surface area (Å²) in [4.78, 5) is 28.9. The molecule has 33 heavy (non-hydrogen) atoms. The van der Waals surface area contributed by atoms with E-state index < -0.39 is 29.2 Å². The van der Waals surface area contributed by atoms with Gasteiger partial charge in [-0.05, 0) is 55.9 Å². The molecule has 2 saturated carbocycles. The number of benzene rings is 1. The molecule has 4 rings (SSSR count). The molecule has 1 aromatic heterocycles. The van der Waals surface area contributed by atoms with Crippen molar-refractivity contribution in [3.05, 3.63) is 58.9 Å². The topological polar surface area (TPSA) is 101 Å². The molecule has 2 amide bonds. The first-order valence-corrected chi connectivity index (χ1v) is 11.1. The van der Waals surface area contributed by atoms with Crippen molar-refractivity contribution in [2.45, 2.75) is 49.8 Å². The predicted octanol–water partition coefficient (Wildman–Crippen LogP) is 3.00. The molecule has 0 radical (unpaired) electrons. The summed E-state index contributed by atoms with van der Waals surface area (Å²) < 4.78 is 32.0. The Morgan fingerprint density at radius 1 is 1.27 bits per heavy atom. The molecule has 10 heteroatoms. The van der Waals surface area contributed by atoms with Crippen LogP contribution in [0.4, 0.5) is 8.78 Å². The average molecular weight is 480 g/mol. The van der Waals surface area contributed by atoms with E-state index >= 15 is 0 Å². The lowest BCUT2D eigenvalue weighted by Crippen LogP contribution is -2.65. The number of fused-ring (bicyclic) bond motifs is 2. The van der Waals surface area contributed by atoms with E-state index in [1.165, 1.54) is 18.2 Å². The first-order chi connectivity index (χ1) is 15.8. The molecule has 2 aliphatic rings. The fourth-order valence-corrected chi connectivity index (χ4v) is 4.91. The highest BCUT2D eigenvalue weighted by Gasteiger charge is 2.50. The number of amides is 2. The van der Waals surface area contributed by atoms with E-state index in [0.29, 0.717) is 12.8 Å². The van der Waals surface area contributed by atoms with Gasteiger partial charge >= 0.3 is 0 Å². The van der Waals surface area contributed by atoms with Gasteiger partial charge < -0.3 is 20.5 Å². The highest BCUT2D eigenvalue weighted by atomic mass is 35.5. The van der Waals surface area contributed by atoms with Gasteiger partial charge in [0.25, 0.3) is 11.8 Å². The van der Waals surface area contributed by atoms with E-state index in [-0.39, 0.29) is 47.4 Å². The Bertz CT molecular complexity index is 1040. The number of carbonyl (C=O) groups is 2. The first kappa shape index (κ1) is 23.4. The van der Waals surface area contributed by atoms with E-state index in [1.54, 1.807) is 0 Å². The van der Waals surface area contributed by atoms with Crippen molar-refractivity contribution in [1.29, 1.82) is 0 Å². The normalized spacial score (nSPS) is 26.4. The van der Waals surface area contributed by atoms with Gasteiger partial charge in [-0.25, -0.2) is 13.8 Å². The summed E-state index contributed by atoms with van der Waals surface area (Å²) in [6.45, 7) is -0.307. The van der Waals surface area contributed by atoms with Gasteiger partial charge in [-0.2, -0.15) is 0 Å². The van der Waals surface area contributed by atoms with Crippen LogP contribution in [-0.2, 0) is 4.79 Å². The number of ether oxygens (including phenoxy) is 1. The Morgan fingerprint density at radius 3 is 2.82 bits per heavy atom. The predicted molar refractivity (Wildman–Crippen MR) is 116 cm³/mol. The number of hydrogen-bond acceptors (Lipinski definition) is 5. The minimum absolute atomic E-state index is 0.0360. The van der Waals surface area contributed by atoms with Crippen LogP contribution in [0.3, 0.4) is 0 Å². The Labute approximate surface area is 194 Å². The Morgan fingerprint density at radius 2 is 2.09 bits per heavy atom. The Kier molecular flexibility index (Phi) is 6.81. The van der Waals surface area contributed by atoms with Crippen molar-refractivity contribution < 1.29 is 28.2 Å². The van der Waals surface area contributed by atoms with Gasteiger partial charge in [0.2, 0.25) is 0 Å². The van der Waals surface area contributed by atoms with Crippen LogP contribution in [0.15, 0.2) is 36.5 Å². The van der Waals surface area contributed by atoms with Crippen LogP contribution < -0.4 is 15.4 Å². The van der Waals surface area contributed by atoms with Gasteiger partial charge in [0.15, 0.2) is 6.61 Å². The standard InChI is InChI=1S/C23H24ClF2N3O4/c24-16-5-4-15(8-17(16)26)33-12-21(31)28-19-9-20(30)23(7-1-2-13(19)10-23)29-22(32)18-6-3-14(25)11-27-18/h3-6,8,11,13,19-20,30H,1-2,7,9-10,12H2,(H,28,31)(H,29,32). The summed E-state index contributed by atoms with van der Waals surface area (Å²) in [5.41, 5.74) is -0.749. The Hall–Kier alpha value is -2.78. The zero-order valence-corrected chi connectivity index (χ0v) is 18.4. The fourth-order valence-electron chi connectivity index (χ4n) is 4.79. The molecule has 0 aliphatic heterocycles. The molecule has 7 nitrogen and oxygen atoms in total. The molecule has 1 aromatic carbocycles. The van der Waals surface area contributed by atoms with E-state index in [2.05, 4.69) is 15.6 Å². The molecule has 2 bridgehead atoms. The molecule has 2 aliphatic carbocycles. The fraction of sp³-hybridized carbons (Fsp3) is 0.435. The lowest BCUT2D eigenvalue weighted by molar-refractivity contribution is -0.126. The third kappa shape index (κ3) is 5.25. The second-order valence-corrected chi connectivity index (χ2v) is 9.03. The van der Waals surface area contributed by atoms with E-state index in [0.717, 1.165) is 31.2 Å². The summed E-state index contributed by atoms with van der Waals surface area (Å²) in [6.07, 6.45) is 3.07. The van der Waals surface area contributed by atoms with Gasteiger partial charge in [0.05, 0.1) is 22.9 Å². The van der Waals surface area contributed by atoms with Crippen molar-refractivity contribution in [3.8, 4) is 5.75 Å². The Balaban J connectivity index is 1.36. The van der Waals surface area contributed by atoms with E-state index in [4.69, 9.17) is 16.3 Å². The molecule has 2 aromatic rings. The smallest absolute Gasteiger partial charge is 0.270 e. The molecule has 4 unspecified atom stereocenters. The van der Waals surface area contributed by atoms with Crippen LogP contribution in [0, 0.1) is 17.6 Å². The number of aliphatic hydroxyl groups is 1. The van der Waals surface area contributed by atoms with Crippen LogP contribution in [0.25, 0.3) is 0 Å². The number of nitrogens with zero attached hydrogens (tertiary/aromatic N) is 1. The second kappa shape index (κ2) is 9.61. The van der Waals surface area contributed by atoms with Crippen LogP contribution in [0.2, 0.25) is 5.02 Å². The summed E-state index contributed by atoms with van der Waals surface area (Å²) in [6, 6.07) is 6.09. The van der Waals surface area contributed by atoms with Crippen molar-refractivity contribution in [3.63, 3.8) is 0 Å². The van der Waals surface area contributed by atoms with Gasteiger partial charge in [0, 0.05) is 12.1 Å². The number of rotatable bonds is 6. The molecule has 176 valence electrons. The largest absolute Gasteiger partial charge is 0.484 e. The molecule has 2 fully saturated rings. The molecule has 3 N–H and O–H groups in total. The molecular formula is C23H24ClF2N3O4. The van der Waals surface area contributed by atoms with Crippen LogP contribution in [0.1, 0.15) is 42.6 Å². The maximum absolute atomic E-state index is 13.5. The van der Waals surface area contributed by atoms with Crippen LogP contribution in [0.5, 0.6) is 5.75 Å². The third-order valence-electron chi connectivity index (χ3n) is 6.44. The number of carbonyl (C=O) groups excluding carboxylic acids is 2. The van der Waals surface area contributed by atoms with Crippen molar-refractivity contribution in [1.82, 2.24) is 15.6 Å². The molecule has 1 heterocycles. The van der Waals surface area contributed by atoms with Crippen molar-refractivity contribution in [2.24, 2.45) is 5.92 Å². The summed E-state index contributed by atoms with van der Waals surface area (Å²) >= 11 is 5.64. The van der Waals surface area contributed by atoms with E-state index in [9.17, 15) is 23.5 Å². The number of aromatic nitrogens is 1. The van der Waals surface area contributed by atoms with Gasteiger partial charge in [-0.1, -0.05) is 18.0 Å². The number of aliphatic hydroxyl groups excluding tert-OH is 1.